The van der Waals surface area contributed by atoms with Crippen LogP contribution in [0.15, 0.2) is 0 Å². The van der Waals surface area contributed by atoms with Gasteiger partial charge >= 0.3 is 0 Å². The van der Waals surface area contributed by atoms with Crippen LogP contribution in [-0.2, 0) is 0 Å². The van der Waals surface area contributed by atoms with Gasteiger partial charge in [-0.15, -0.1) is 0 Å². The van der Waals surface area contributed by atoms with E-state index in [1.54, 1.807) is 0 Å². The van der Waals surface area contributed by atoms with Crippen LogP contribution >= 0.6 is 15.9 Å². The SMILES string of the molecule is CCCBr.CCCCCCCCCCCCCCCCCC. The van der Waals surface area contributed by atoms with Crippen molar-refractivity contribution in [3.8, 4) is 0 Å². The van der Waals surface area contributed by atoms with Crippen LogP contribution in [0.1, 0.15) is 130 Å². The second-order valence-corrected chi connectivity index (χ2v) is 7.43. The topological polar surface area (TPSA) is 0 Å². The second-order valence-electron chi connectivity index (χ2n) is 6.64. The van der Waals surface area contributed by atoms with Crippen LogP contribution in [0.2, 0.25) is 0 Å². The van der Waals surface area contributed by atoms with Crippen molar-refractivity contribution in [2.45, 2.75) is 130 Å². The van der Waals surface area contributed by atoms with Crippen molar-refractivity contribution in [3.63, 3.8) is 0 Å². The second kappa shape index (κ2) is 26.4. The summed E-state index contributed by atoms with van der Waals surface area (Å²) in [5.41, 5.74) is 0. The maximum atomic E-state index is 3.25. The molecule has 136 valence electrons. The number of hydrogen-bond acceptors (Lipinski definition) is 0. The van der Waals surface area contributed by atoms with E-state index in [1.807, 2.05) is 0 Å². The number of hydrogen-bond donors (Lipinski definition) is 0. The molecule has 0 saturated heterocycles. The quantitative estimate of drug-likeness (QED) is 0.186. The van der Waals surface area contributed by atoms with E-state index in [0.717, 1.165) is 5.33 Å². The zero-order valence-corrected chi connectivity index (χ0v) is 17.7. The number of halogens is 1. The Hall–Kier alpha value is 0.480. The molecule has 0 aromatic heterocycles. The van der Waals surface area contributed by atoms with Gasteiger partial charge in [0.15, 0.2) is 0 Å². The van der Waals surface area contributed by atoms with E-state index in [0.29, 0.717) is 0 Å². The van der Waals surface area contributed by atoms with Crippen molar-refractivity contribution in [2.24, 2.45) is 0 Å². The van der Waals surface area contributed by atoms with E-state index in [-0.39, 0.29) is 0 Å². The first-order valence-corrected chi connectivity index (χ1v) is 11.5. The minimum absolute atomic E-state index is 1.13. The maximum Gasteiger partial charge on any atom is 0.00286 e. The Morgan fingerprint density at radius 3 is 0.682 bits per heavy atom. The number of unbranched alkanes of at least 4 members (excludes halogenated alkanes) is 15. The fraction of sp³-hybridized carbons (Fsp3) is 1.00. The molecule has 0 bridgehead atoms. The van der Waals surface area contributed by atoms with Gasteiger partial charge < -0.3 is 0 Å². The van der Waals surface area contributed by atoms with Gasteiger partial charge in [0, 0.05) is 5.33 Å². The third-order valence-corrected chi connectivity index (χ3v) is 4.94. The fourth-order valence-corrected chi connectivity index (χ4v) is 2.62. The van der Waals surface area contributed by atoms with Crippen LogP contribution in [0, 0.1) is 0 Å². The normalized spacial score (nSPS) is 10.4. The highest BCUT2D eigenvalue weighted by Crippen LogP contribution is 2.13. The summed E-state index contributed by atoms with van der Waals surface area (Å²) in [7, 11) is 0. The van der Waals surface area contributed by atoms with Crippen LogP contribution in [0.4, 0.5) is 0 Å². The minimum atomic E-state index is 1.13. The molecule has 0 spiro atoms. The molecule has 0 saturated carbocycles. The predicted octanol–water partition coefficient (Wildman–Crippen LogP) is 9.06. The lowest BCUT2D eigenvalue weighted by molar-refractivity contribution is 0.531. The molecule has 22 heavy (non-hydrogen) atoms. The Morgan fingerprint density at radius 2 is 0.545 bits per heavy atom. The molecule has 1 heteroatoms. The molecule has 0 aromatic rings. The molecule has 0 radical (unpaired) electrons. The molecular weight excluding hydrogens is 332 g/mol. The summed E-state index contributed by atoms with van der Waals surface area (Å²) in [6.45, 7) is 6.72. The lowest BCUT2D eigenvalue weighted by atomic mass is 10.0. The molecule has 0 heterocycles. The monoisotopic (exact) mass is 376 g/mol. The van der Waals surface area contributed by atoms with Crippen molar-refractivity contribution in [1.29, 1.82) is 0 Å². The first-order chi connectivity index (χ1) is 10.8. The van der Waals surface area contributed by atoms with Gasteiger partial charge in [-0.25, -0.2) is 0 Å². The summed E-state index contributed by atoms with van der Waals surface area (Å²) in [6, 6.07) is 0. The lowest BCUT2D eigenvalue weighted by Gasteiger charge is -2.03. The molecule has 0 atom stereocenters. The van der Waals surface area contributed by atoms with E-state index in [2.05, 4.69) is 36.7 Å². The van der Waals surface area contributed by atoms with Gasteiger partial charge in [-0.2, -0.15) is 0 Å². The van der Waals surface area contributed by atoms with E-state index >= 15 is 0 Å². The average Bonchev–Trinajstić information content (AvgIpc) is 2.55. The van der Waals surface area contributed by atoms with E-state index < -0.39 is 0 Å². The Bertz CT molecular complexity index is 138. The van der Waals surface area contributed by atoms with Crippen molar-refractivity contribution in [3.05, 3.63) is 0 Å². The van der Waals surface area contributed by atoms with E-state index in [9.17, 15) is 0 Å². The zero-order chi connectivity index (χ0) is 16.7. The average molecular weight is 377 g/mol. The smallest absolute Gasteiger partial charge is 0.00286 e. The largest absolute Gasteiger partial charge is 0.0928 e. The molecule has 0 aliphatic heterocycles. The molecule has 0 aromatic carbocycles. The minimum Gasteiger partial charge on any atom is -0.0928 e. The van der Waals surface area contributed by atoms with Gasteiger partial charge in [0.1, 0.15) is 0 Å². The highest BCUT2D eigenvalue weighted by Gasteiger charge is 1.93. The molecule has 0 aliphatic rings. The van der Waals surface area contributed by atoms with Crippen LogP contribution < -0.4 is 0 Å². The van der Waals surface area contributed by atoms with Crippen LogP contribution in [0.25, 0.3) is 0 Å². The Morgan fingerprint density at radius 1 is 0.364 bits per heavy atom. The Kier molecular flexibility index (Phi) is 29.7. The van der Waals surface area contributed by atoms with Crippen LogP contribution in [0.5, 0.6) is 0 Å². The summed E-state index contributed by atoms with van der Waals surface area (Å²) < 4.78 is 0. The summed E-state index contributed by atoms with van der Waals surface area (Å²) >= 11 is 3.25. The van der Waals surface area contributed by atoms with E-state index in [1.165, 1.54) is 109 Å². The molecule has 0 fully saturated rings. The first-order valence-electron chi connectivity index (χ1n) is 10.4. The Balaban J connectivity index is 0. The van der Waals surface area contributed by atoms with Gasteiger partial charge in [-0.05, 0) is 6.42 Å². The summed E-state index contributed by atoms with van der Waals surface area (Å²) in [5, 5.41) is 1.13. The number of rotatable bonds is 16. The Labute approximate surface area is 151 Å². The van der Waals surface area contributed by atoms with Crippen LogP contribution in [-0.4, -0.2) is 5.33 Å². The summed E-state index contributed by atoms with van der Waals surface area (Å²) in [4.78, 5) is 0. The van der Waals surface area contributed by atoms with E-state index in [4.69, 9.17) is 0 Å². The standard InChI is InChI=1S/C18H38.C3H7Br/c1-3-5-7-9-11-13-15-17-18-16-14-12-10-8-6-4-2;1-2-3-4/h3-18H2,1-2H3;2-3H2,1H3. The number of alkyl halides is 1. The highest BCUT2D eigenvalue weighted by atomic mass is 79.9. The molecule has 0 aliphatic carbocycles. The molecule has 0 N–H and O–H groups in total. The predicted molar refractivity (Wildman–Crippen MR) is 109 cm³/mol. The molecule has 0 nitrogen and oxygen atoms in total. The lowest BCUT2D eigenvalue weighted by Crippen LogP contribution is -1.83. The van der Waals surface area contributed by atoms with Gasteiger partial charge in [0.25, 0.3) is 0 Å². The molecule has 0 rings (SSSR count). The summed E-state index contributed by atoms with van der Waals surface area (Å²) in [5.74, 6) is 0. The fourth-order valence-electron chi connectivity index (χ4n) is 2.62. The molecule has 0 unspecified atom stereocenters. The van der Waals surface area contributed by atoms with Gasteiger partial charge in [0.2, 0.25) is 0 Å². The molecular formula is C21H45Br. The van der Waals surface area contributed by atoms with Crippen LogP contribution in [0.3, 0.4) is 0 Å². The maximum absolute atomic E-state index is 3.25. The highest BCUT2D eigenvalue weighted by molar-refractivity contribution is 9.09. The third-order valence-electron chi connectivity index (χ3n) is 4.15. The third kappa shape index (κ3) is 28.6. The zero-order valence-electron chi connectivity index (χ0n) is 16.1. The van der Waals surface area contributed by atoms with Gasteiger partial charge in [-0.1, -0.05) is 139 Å². The molecule has 0 amide bonds. The first kappa shape index (κ1) is 24.7. The van der Waals surface area contributed by atoms with Gasteiger partial charge in [-0.3, -0.25) is 0 Å². The van der Waals surface area contributed by atoms with Crippen molar-refractivity contribution < 1.29 is 0 Å². The van der Waals surface area contributed by atoms with Crippen molar-refractivity contribution in [1.82, 2.24) is 0 Å². The summed E-state index contributed by atoms with van der Waals surface area (Å²) in [6.07, 6.45) is 24.6. The van der Waals surface area contributed by atoms with Crippen molar-refractivity contribution in [2.75, 3.05) is 5.33 Å². The van der Waals surface area contributed by atoms with Crippen molar-refractivity contribution >= 4 is 15.9 Å². The van der Waals surface area contributed by atoms with Gasteiger partial charge in [0.05, 0.1) is 0 Å².